The first-order valence-electron chi connectivity index (χ1n) is 7.89. The smallest absolute Gasteiger partial charge is 0.159 e. The van der Waals surface area contributed by atoms with Crippen LogP contribution >= 0.6 is 0 Å². The lowest BCUT2D eigenvalue weighted by Crippen LogP contribution is -2.40. The topological polar surface area (TPSA) is 41.1 Å². The summed E-state index contributed by atoms with van der Waals surface area (Å²) in [6.45, 7) is 8.51. The molecule has 2 aromatic rings. The number of benzene rings is 1. The van der Waals surface area contributed by atoms with Crippen molar-refractivity contribution in [3.8, 4) is 0 Å². The van der Waals surface area contributed by atoms with Gasteiger partial charge in [0.25, 0.3) is 0 Å². The van der Waals surface area contributed by atoms with Crippen molar-refractivity contribution in [1.29, 1.82) is 0 Å². The van der Waals surface area contributed by atoms with Crippen LogP contribution in [0, 0.1) is 6.92 Å². The van der Waals surface area contributed by atoms with E-state index in [4.69, 9.17) is 0 Å². The highest BCUT2D eigenvalue weighted by molar-refractivity contribution is 5.93. The second-order valence-electron chi connectivity index (χ2n) is 6.21. The summed E-state index contributed by atoms with van der Waals surface area (Å²) >= 11 is 0. The second kappa shape index (κ2) is 5.98. The zero-order valence-electron chi connectivity index (χ0n) is 13.1. The number of anilines is 1. The van der Waals surface area contributed by atoms with Gasteiger partial charge in [-0.05, 0) is 19.8 Å². The molecule has 1 saturated heterocycles. The summed E-state index contributed by atoms with van der Waals surface area (Å²) < 4.78 is 0. The van der Waals surface area contributed by atoms with E-state index in [1.54, 1.807) is 0 Å². The summed E-state index contributed by atoms with van der Waals surface area (Å²) in [7, 11) is 0. The highest BCUT2D eigenvalue weighted by Crippen LogP contribution is 2.30. The second-order valence-corrected chi connectivity index (χ2v) is 6.21. The van der Waals surface area contributed by atoms with E-state index in [1.165, 1.54) is 23.6 Å². The van der Waals surface area contributed by atoms with Gasteiger partial charge in [0.15, 0.2) is 5.82 Å². The van der Waals surface area contributed by atoms with Gasteiger partial charge in [0.1, 0.15) is 0 Å². The normalized spacial score (nSPS) is 18.9. The van der Waals surface area contributed by atoms with Crippen LogP contribution in [0.4, 0.5) is 5.82 Å². The number of nitrogens with zero attached hydrogens (tertiary/aromatic N) is 3. The Morgan fingerprint density at radius 1 is 1.24 bits per heavy atom. The van der Waals surface area contributed by atoms with Gasteiger partial charge < -0.3 is 10.2 Å². The molecule has 0 amide bonds. The van der Waals surface area contributed by atoms with E-state index < -0.39 is 0 Å². The third kappa shape index (κ3) is 2.86. The summed E-state index contributed by atoms with van der Waals surface area (Å²) in [5, 5.41) is 14.9. The summed E-state index contributed by atoms with van der Waals surface area (Å²) in [6, 6.07) is 9.51. The SMILES string of the molecule is Cc1nnc(N2CCCC2CNC(C)C)c2ccccc12. The number of nitrogens with one attached hydrogen (secondary N) is 1. The molecule has 1 aliphatic heterocycles. The molecule has 2 heterocycles. The molecule has 0 radical (unpaired) electrons. The standard InChI is InChI=1S/C17H24N4/c1-12(2)18-11-14-7-6-10-21(14)17-16-9-5-4-8-15(16)13(3)19-20-17/h4-5,8-9,12,14,18H,6-7,10-11H2,1-3H3. The first-order valence-corrected chi connectivity index (χ1v) is 7.89. The largest absolute Gasteiger partial charge is 0.350 e. The number of aromatic nitrogens is 2. The fourth-order valence-electron chi connectivity index (χ4n) is 3.13. The van der Waals surface area contributed by atoms with Crippen molar-refractivity contribution in [2.24, 2.45) is 0 Å². The molecule has 0 spiro atoms. The maximum absolute atomic E-state index is 4.51. The van der Waals surface area contributed by atoms with E-state index in [0.717, 1.165) is 24.6 Å². The molecule has 1 N–H and O–H groups in total. The van der Waals surface area contributed by atoms with Gasteiger partial charge in [-0.25, -0.2) is 0 Å². The Balaban J connectivity index is 1.94. The number of aryl methyl sites for hydroxylation is 1. The number of hydrogen-bond donors (Lipinski definition) is 1. The minimum absolute atomic E-state index is 0.521. The van der Waals surface area contributed by atoms with Crippen molar-refractivity contribution >= 4 is 16.6 Å². The maximum atomic E-state index is 4.51. The van der Waals surface area contributed by atoms with Crippen molar-refractivity contribution in [2.45, 2.75) is 45.7 Å². The summed E-state index contributed by atoms with van der Waals surface area (Å²) in [4.78, 5) is 2.43. The first kappa shape index (κ1) is 14.3. The number of hydrogen-bond acceptors (Lipinski definition) is 4. The van der Waals surface area contributed by atoms with Crippen LogP contribution in [0.3, 0.4) is 0 Å². The molecule has 1 atom stereocenters. The van der Waals surface area contributed by atoms with Crippen LogP contribution in [0.15, 0.2) is 24.3 Å². The van der Waals surface area contributed by atoms with Crippen molar-refractivity contribution in [3.05, 3.63) is 30.0 Å². The Labute approximate surface area is 126 Å². The van der Waals surface area contributed by atoms with Crippen molar-refractivity contribution in [3.63, 3.8) is 0 Å². The maximum Gasteiger partial charge on any atom is 0.159 e. The van der Waals surface area contributed by atoms with Gasteiger partial charge in [-0.2, -0.15) is 5.10 Å². The molecule has 0 aliphatic carbocycles. The lowest BCUT2D eigenvalue weighted by Gasteiger charge is -2.27. The quantitative estimate of drug-likeness (QED) is 0.937. The van der Waals surface area contributed by atoms with E-state index in [1.807, 2.05) is 6.92 Å². The van der Waals surface area contributed by atoms with Crippen molar-refractivity contribution in [1.82, 2.24) is 15.5 Å². The first-order chi connectivity index (χ1) is 10.2. The van der Waals surface area contributed by atoms with E-state index in [0.29, 0.717) is 12.1 Å². The molecule has 21 heavy (non-hydrogen) atoms. The van der Waals surface area contributed by atoms with Gasteiger partial charge in [0.2, 0.25) is 0 Å². The monoisotopic (exact) mass is 284 g/mol. The molecule has 0 saturated carbocycles. The number of rotatable bonds is 4. The Hall–Kier alpha value is -1.68. The molecule has 3 rings (SSSR count). The molecular weight excluding hydrogens is 260 g/mol. The van der Waals surface area contributed by atoms with Gasteiger partial charge in [-0.1, -0.05) is 38.1 Å². The third-order valence-corrected chi connectivity index (χ3v) is 4.26. The molecule has 4 heteroatoms. The molecule has 1 aromatic carbocycles. The zero-order chi connectivity index (χ0) is 14.8. The summed E-state index contributed by atoms with van der Waals surface area (Å²) in [6.07, 6.45) is 2.46. The number of fused-ring (bicyclic) bond motifs is 1. The van der Waals surface area contributed by atoms with E-state index in [2.05, 4.69) is 58.5 Å². The van der Waals surface area contributed by atoms with Gasteiger partial charge >= 0.3 is 0 Å². The average Bonchev–Trinajstić information content (AvgIpc) is 2.94. The molecule has 1 unspecified atom stereocenters. The Kier molecular flexibility index (Phi) is 4.06. The molecule has 1 fully saturated rings. The van der Waals surface area contributed by atoms with Gasteiger partial charge in [-0.15, -0.1) is 5.10 Å². The molecule has 112 valence electrons. The van der Waals surface area contributed by atoms with Gasteiger partial charge in [0.05, 0.1) is 5.69 Å². The predicted octanol–water partition coefficient (Wildman–Crippen LogP) is 2.91. The van der Waals surface area contributed by atoms with Crippen molar-refractivity contribution < 1.29 is 0 Å². The Morgan fingerprint density at radius 3 is 2.76 bits per heavy atom. The summed E-state index contributed by atoms with van der Waals surface area (Å²) in [5.74, 6) is 1.05. The lowest BCUT2D eigenvalue weighted by molar-refractivity contribution is 0.522. The Bertz CT molecular complexity index is 623. The third-order valence-electron chi connectivity index (χ3n) is 4.26. The molecule has 4 nitrogen and oxygen atoms in total. The van der Waals surface area contributed by atoms with Crippen LogP contribution in [-0.2, 0) is 0 Å². The molecule has 0 bridgehead atoms. The highest BCUT2D eigenvalue weighted by Gasteiger charge is 2.27. The van der Waals surface area contributed by atoms with Gasteiger partial charge in [0, 0.05) is 35.9 Å². The predicted molar refractivity (Wildman–Crippen MR) is 87.8 cm³/mol. The van der Waals surface area contributed by atoms with E-state index in [-0.39, 0.29) is 0 Å². The fourth-order valence-corrected chi connectivity index (χ4v) is 3.13. The lowest BCUT2D eigenvalue weighted by atomic mass is 10.1. The van der Waals surface area contributed by atoms with E-state index >= 15 is 0 Å². The van der Waals surface area contributed by atoms with Crippen LogP contribution in [0.25, 0.3) is 10.8 Å². The van der Waals surface area contributed by atoms with Gasteiger partial charge in [-0.3, -0.25) is 0 Å². The molecular formula is C17H24N4. The van der Waals surface area contributed by atoms with Crippen LogP contribution in [0.5, 0.6) is 0 Å². The highest BCUT2D eigenvalue weighted by atomic mass is 15.3. The zero-order valence-corrected chi connectivity index (χ0v) is 13.1. The molecule has 1 aliphatic rings. The minimum Gasteiger partial charge on any atom is -0.350 e. The van der Waals surface area contributed by atoms with Crippen LogP contribution in [0.2, 0.25) is 0 Å². The van der Waals surface area contributed by atoms with Crippen LogP contribution in [0.1, 0.15) is 32.4 Å². The average molecular weight is 284 g/mol. The van der Waals surface area contributed by atoms with E-state index in [9.17, 15) is 0 Å². The van der Waals surface area contributed by atoms with Crippen molar-refractivity contribution in [2.75, 3.05) is 18.0 Å². The fraction of sp³-hybridized carbons (Fsp3) is 0.529. The summed E-state index contributed by atoms with van der Waals surface area (Å²) in [5.41, 5.74) is 1.01. The van der Waals surface area contributed by atoms with Crippen LogP contribution in [-0.4, -0.2) is 35.4 Å². The van der Waals surface area contributed by atoms with Crippen LogP contribution < -0.4 is 10.2 Å². The minimum atomic E-state index is 0.521. The Morgan fingerprint density at radius 2 is 2.00 bits per heavy atom. The molecule has 1 aromatic heterocycles.